The van der Waals surface area contributed by atoms with Gasteiger partial charge in [0.15, 0.2) is 0 Å². The van der Waals surface area contributed by atoms with Gasteiger partial charge >= 0.3 is 0 Å². The van der Waals surface area contributed by atoms with Crippen molar-refractivity contribution in [3.8, 4) is 0 Å². The number of nitrogens with one attached hydrogen (secondary N) is 2. The molecule has 31 heavy (non-hydrogen) atoms. The fourth-order valence-electron chi connectivity index (χ4n) is 3.30. The Balaban J connectivity index is 1.41. The largest absolute Gasteiger partial charge is 0.325 e. The number of carbonyl (C=O) groups excluding carboxylic acids is 2. The molecule has 0 aliphatic carbocycles. The van der Waals surface area contributed by atoms with E-state index in [1.807, 2.05) is 49.4 Å². The molecular formula is C26H22N2O2S. The van der Waals surface area contributed by atoms with Crippen LogP contribution in [0.15, 0.2) is 95.9 Å². The van der Waals surface area contributed by atoms with Gasteiger partial charge in [-0.1, -0.05) is 54.6 Å². The highest BCUT2D eigenvalue weighted by Gasteiger charge is 2.14. The van der Waals surface area contributed by atoms with Crippen molar-refractivity contribution in [1.82, 2.24) is 0 Å². The number of anilines is 2. The van der Waals surface area contributed by atoms with Gasteiger partial charge < -0.3 is 10.6 Å². The van der Waals surface area contributed by atoms with Gasteiger partial charge in [0, 0.05) is 10.6 Å². The Kier molecular flexibility index (Phi) is 6.34. The van der Waals surface area contributed by atoms with E-state index in [-0.39, 0.29) is 17.6 Å². The Hall–Kier alpha value is -3.57. The standard InChI is InChI=1S/C26H22N2O2S/c1-18-7-6-10-21(15-18)27-26(30)23-11-4-5-12-24(23)28-25(29)17-31-22-14-13-19-8-2-3-9-20(19)16-22/h2-16H,17H2,1H3,(H,27,30)(H,28,29). The molecule has 0 atom stereocenters. The van der Waals surface area contributed by atoms with Crippen LogP contribution in [0.5, 0.6) is 0 Å². The lowest BCUT2D eigenvalue weighted by molar-refractivity contribution is -0.113. The van der Waals surface area contributed by atoms with Crippen LogP contribution in [0.2, 0.25) is 0 Å². The molecular weight excluding hydrogens is 404 g/mol. The first-order chi connectivity index (χ1) is 15.1. The number of amides is 2. The number of fused-ring (bicyclic) bond motifs is 1. The van der Waals surface area contributed by atoms with Crippen LogP contribution < -0.4 is 10.6 Å². The Labute approximate surface area is 185 Å². The number of carbonyl (C=O) groups is 2. The van der Waals surface area contributed by atoms with Crippen LogP contribution in [0.25, 0.3) is 10.8 Å². The van der Waals surface area contributed by atoms with E-state index in [1.165, 1.54) is 17.1 Å². The summed E-state index contributed by atoms with van der Waals surface area (Å²) in [5, 5.41) is 8.08. The molecule has 5 heteroatoms. The predicted molar refractivity (Wildman–Crippen MR) is 129 cm³/mol. The first-order valence-electron chi connectivity index (χ1n) is 9.97. The van der Waals surface area contributed by atoms with Gasteiger partial charge in [-0.15, -0.1) is 11.8 Å². The van der Waals surface area contributed by atoms with E-state index in [0.29, 0.717) is 11.3 Å². The lowest BCUT2D eigenvalue weighted by Crippen LogP contribution is -2.19. The minimum atomic E-state index is -0.260. The van der Waals surface area contributed by atoms with Crippen LogP contribution in [0, 0.1) is 6.92 Å². The van der Waals surface area contributed by atoms with Gasteiger partial charge in [-0.3, -0.25) is 9.59 Å². The number of aryl methyl sites for hydroxylation is 1. The predicted octanol–water partition coefficient (Wildman–Crippen LogP) is 6.13. The van der Waals surface area contributed by atoms with E-state index in [2.05, 4.69) is 34.9 Å². The lowest BCUT2D eigenvalue weighted by atomic mass is 10.1. The average molecular weight is 427 g/mol. The molecule has 0 bridgehead atoms. The Morgan fingerprint density at radius 1 is 0.774 bits per heavy atom. The van der Waals surface area contributed by atoms with Crippen molar-refractivity contribution in [3.63, 3.8) is 0 Å². The number of benzene rings is 4. The Morgan fingerprint density at radius 3 is 2.39 bits per heavy atom. The highest BCUT2D eigenvalue weighted by molar-refractivity contribution is 8.00. The van der Waals surface area contributed by atoms with Gasteiger partial charge in [-0.25, -0.2) is 0 Å². The van der Waals surface area contributed by atoms with Gasteiger partial charge in [-0.2, -0.15) is 0 Å². The van der Waals surface area contributed by atoms with E-state index in [1.54, 1.807) is 24.3 Å². The highest BCUT2D eigenvalue weighted by Crippen LogP contribution is 2.24. The summed E-state index contributed by atoms with van der Waals surface area (Å²) in [6.45, 7) is 1.97. The zero-order chi connectivity index (χ0) is 21.6. The summed E-state index contributed by atoms with van der Waals surface area (Å²) in [5.74, 6) is -0.163. The summed E-state index contributed by atoms with van der Waals surface area (Å²) >= 11 is 1.47. The Bertz CT molecular complexity index is 1250. The molecule has 2 amide bonds. The monoisotopic (exact) mass is 426 g/mol. The number of hydrogen-bond donors (Lipinski definition) is 2. The van der Waals surface area contributed by atoms with Crippen molar-refractivity contribution in [2.75, 3.05) is 16.4 Å². The summed E-state index contributed by atoms with van der Waals surface area (Å²) in [6, 6.07) is 28.9. The van der Waals surface area contributed by atoms with Crippen LogP contribution in [-0.4, -0.2) is 17.6 Å². The second-order valence-electron chi connectivity index (χ2n) is 7.21. The third-order valence-corrected chi connectivity index (χ3v) is 5.81. The van der Waals surface area contributed by atoms with Crippen molar-refractivity contribution in [2.24, 2.45) is 0 Å². The smallest absolute Gasteiger partial charge is 0.257 e. The molecule has 4 nitrogen and oxygen atoms in total. The SMILES string of the molecule is Cc1cccc(NC(=O)c2ccccc2NC(=O)CSc2ccc3ccccc3c2)c1. The highest BCUT2D eigenvalue weighted by atomic mass is 32.2. The number of hydrogen-bond acceptors (Lipinski definition) is 3. The van der Waals surface area contributed by atoms with Crippen LogP contribution in [0.1, 0.15) is 15.9 Å². The van der Waals surface area contributed by atoms with Crippen molar-refractivity contribution in [1.29, 1.82) is 0 Å². The molecule has 4 rings (SSSR count). The van der Waals surface area contributed by atoms with E-state index in [4.69, 9.17) is 0 Å². The molecule has 0 aromatic heterocycles. The van der Waals surface area contributed by atoms with Crippen molar-refractivity contribution < 1.29 is 9.59 Å². The molecule has 0 saturated heterocycles. The summed E-state index contributed by atoms with van der Waals surface area (Å²) in [4.78, 5) is 26.4. The van der Waals surface area contributed by atoms with E-state index in [9.17, 15) is 9.59 Å². The summed E-state index contributed by atoms with van der Waals surface area (Å²) < 4.78 is 0. The Morgan fingerprint density at radius 2 is 1.55 bits per heavy atom. The van der Waals surface area contributed by atoms with Crippen molar-refractivity contribution in [2.45, 2.75) is 11.8 Å². The lowest BCUT2D eigenvalue weighted by Gasteiger charge is -2.12. The fraction of sp³-hybridized carbons (Fsp3) is 0.0769. The second kappa shape index (κ2) is 9.49. The van der Waals surface area contributed by atoms with E-state index < -0.39 is 0 Å². The molecule has 0 aliphatic heterocycles. The summed E-state index contributed by atoms with van der Waals surface area (Å²) in [7, 11) is 0. The molecule has 2 N–H and O–H groups in total. The molecule has 154 valence electrons. The number of rotatable bonds is 6. The second-order valence-corrected chi connectivity index (χ2v) is 8.26. The maximum atomic E-state index is 12.8. The third kappa shape index (κ3) is 5.32. The van der Waals surface area contributed by atoms with Gasteiger partial charge in [0.25, 0.3) is 5.91 Å². The summed E-state index contributed by atoms with van der Waals surface area (Å²) in [6.07, 6.45) is 0. The molecule has 0 unspecified atom stereocenters. The first-order valence-corrected chi connectivity index (χ1v) is 11.0. The molecule has 0 fully saturated rings. The molecule has 0 aliphatic rings. The molecule has 0 saturated carbocycles. The van der Waals surface area contributed by atoms with Gasteiger partial charge in [0.05, 0.1) is 17.0 Å². The van der Waals surface area contributed by atoms with Crippen molar-refractivity contribution in [3.05, 3.63) is 102 Å². The van der Waals surface area contributed by atoms with Gasteiger partial charge in [0.1, 0.15) is 0 Å². The van der Waals surface area contributed by atoms with Crippen LogP contribution in [0.3, 0.4) is 0 Å². The van der Waals surface area contributed by atoms with Crippen LogP contribution >= 0.6 is 11.8 Å². The number of para-hydroxylation sites is 1. The summed E-state index contributed by atoms with van der Waals surface area (Å²) in [5.41, 5.74) is 2.70. The quantitative estimate of drug-likeness (QED) is 0.365. The van der Waals surface area contributed by atoms with Crippen LogP contribution in [0.4, 0.5) is 11.4 Å². The van der Waals surface area contributed by atoms with Gasteiger partial charge in [-0.05, 0) is 59.7 Å². The normalized spacial score (nSPS) is 10.6. The maximum Gasteiger partial charge on any atom is 0.257 e. The number of thioether (sulfide) groups is 1. The average Bonchev–Trinajstić information content (AvgIpc) is 2.78. The fourth-order valence-corrected chi connectivity index (χ4v) is 4.05. The maximum absolute atomic E-state index is 12.8. The van der Waals surface area contributed by atoms with E-state index in [0.717, 1.165) is 21.5 Å². The first kappa shape index (κ1) is 20.7. The molecule has 0 heterocycles. The minimum Gasteiger partial charge on any atom is -0.325 e. The minimum absolute atomic E-state index is 0.158. The topological polar surface area (TPSA) is 58.2 Å². The van der Waals surface area contributed by atoms with Crippen molar-refractivity contribution >= 4 is 45.7 Å². The third-order valence-electron chi connectivity index (χ3n) is 4.81. The zero-order valence-corrected chi connectivity index (χ0v) is 17.9. The molecule has 4 aromatic carbocycles. The molecule has 0 radical (unpaired) electrons. The van der Waals surface area contributed by atoms with Gasteiger partial charge in [0.2, 0.25) is 5.91 Å². The molecule has 4 aromatic rings. The molecule has 0 spiro atoms. The van der Waals surface area contributed by atoms with Crippen LogP contribution in [-0.2, 0) is 4.79 Å². The zero-order valence-electron chi connectivity index (χ0n) is 17.1. The van der Waals surface area contributed by atoms with E-state index >= 15 is 0 Å².